The third-order valence-electron chi connectivity index (χ3n) is 1.36. The van der Waals surface area contributed by atoms with E-state index in [9.17, 15) is 9.59 Å². The Morgan fingerprint density at radius 3 is 2.67 bits per heavy atom. The van der Waals surface area contributed by atoms with E-state index >= 15 is 0 Å². The van der Waals surface area contributed by atoms with Gasteiger partial charge in [0.1, 0.15) is 0 Å². The molecule has 0 atom stereocenters. The molecular weight excluding hydrogens is 239 g/mol. The Labute approximate surface area is 82.8 Å². The molecule has 64 valence electrons. The number of ketones is 1. The van der Waals surface area contributed by atoms with Crippen molar-refractivity contribution < 1.29 is 9.59 Å². The summed E-state index contributed by atoms with van der Waals surface area (Å²) in [6.45, 7) is 0. The van der Waals surface area contributed by atoms with Crippen molar-refractivity contribution >= 4 is 37.8 Å². The Morgan fingerprint density at radius 2 is 2.17 bits per heavy atom. The fourth-order valence-corrected chi connectivity index (χ4v) is 1.71. The second kappa shape index (κ2) is 4.55. The molecule has 0 N–H and O–H groups in total. The van der Waals surface area contributed by atoms with Gasteiger partial charge < -0.3 is 0 Å². The van der Waals surface area contributed by atoms with Crippen molar-refractivity contribution in [2.45, 2.75) is 12.8 Å². The van der Waals surface area contributed by atoms with E-state index in [1.165, 1.54) is 11.3 Å². The van der Waals surface area contributed by atoms with Crippen LogP contribution in [0.4, 0.5) is 0 Å². The molecule has 0 aliphatic rings. The van der Waals surface area contributed by atoms with Gasteiger partial charge in [-0.1, -0.05) is 0 Å². The summed E-state index contributed by atoms with van der Waals surface area (Å²) in [5.74, 6) is 0.0596. The van der Waals surface area contributed by atoms with E-state index in [1.807, 2.05) is 27.5 Å². The van der Waals surface area contributed by atoms with Crippen molar-refractivity contribution in [2.75, 3.05) is 0 Å². The number of thiophene rings is 1. The molecule has 1 heterocycles. The third-order valence-corrected chi connectivity index (χ3v) is 2.74. The van der Waals surface area contributed by atoms with E-state index in [0.717, 1.165) is 4.88 Å². The Bertz CT molecular complexity index is 279. The van der Waals surface area contributed by atoms with Gasteiger partial charge >= 0.3 is 82.6 Å². The topological polar surface area (TPSA) is 34.1 Å². The van der Waals surface area contributed by atoms with Crippen LogP contribution in [0.15, 0.2) is 17.5 Å². The molecule has 0 bridgehead atoms. The van der Waals surface area contributed by atoms with E-state index < -0.39 is 0 Å². The molecule has 1 aromatic heterocycles. The quantitative estimate of drug-likeness (QED) is 0.590. The molecule has 4 heteroatoms. The summed E-state index contributed by atoms with van der Waals surface area (Å²) in [7, 11) is 0. The van der Waals surface area contributed by atoms with Gasteiger partial charge in [-0.2, -0.15) is 0 Å². The van der Waals surface area contributed by atoms with E-state index in [1.54, 1.807) is 6.07 Å². The molecule has 0 unspecified atom stereocenters. The van der Waals surface area contributed by atoms with Crippen molar-refractivity contribution in [1.82, 2.24) is 0 Å². The predicted octanol–water partition coefficient (Wildman–Crippen LogP) is 1.14. The van der Waals surface area contributed by atoms with Gasteiger partial charge in [-0.05, 0) is 0 Å². The van der Waals surface area contributed by atoms with Crippen LogP contribution in [-0.2, 0) is 4.79 Å². The van der Waals surface area contributed by atoms with Crippen LogP contribution in [0.25, 0.3) is 0 Å². The Hall–Kier alpha value is -0.441. The van der Waals surface area contributed by atoms with E-state index in [-0.39, 0.29) is 10.5 Å². The normalized spacial score (nSPS) is 9.75. The zero-order chi connectivity index (χ0) is 8.97. The van der Waals surface area contributed by atoms with Gasteiger partial charge in [-0.15, -0.1) is 0 Å². The summed E-state index contributed by atoms with van der Waals surface area (Å²) < 4.78 is 0.00686. The second-order valence-corrected chi connectivity index (χ2v) is 4.29. The minimum absolute atomic E-state index is 0.00686. The number of carbonyl (C=O) groups is 2. The minimum atomic E-state index is 0.00686. The molecule has 0 aliphatic heterocycles. The predicted molar refractivity (Wildman–Crippen MR) is 50.0 cm³/mol. The van der Waals surface area contributed by atoms with Crippen LogP contribution in [0.2, 0.25) is 0 Å². The van der Waals surface area contributed by atoms with Crippen LogP contribution < -0.4 is 0 Å². The standard InChI is InChI=1S/C8H8O2SSe/c9-6(3-4-8(10)12)7-2-1-5-11-7/h1-2,5H,3-4H2,(H,10,12). The Balaban J connectivity index is 2.45. The number of hydrogen-bond acceptors (Lipinski definition) is 3. The van der Waals surface area contributed by atoms with Gasteiger partial charge in [0.2, 0.25) is 0 Å². The monoisotopic (exact) mass is 248 g/mol. The van der Waals surface area contributed by atoms with Crippen molar-refractivity contribution in [2.24, 2.45) is 0 Å². The third kappa shape index (κ3) is 2.89. The summed E-state index contributed by atoms with van der Waals surface area (Å²) in [6, 6.07) is 3.61. The first kappa shape index (κ1) is 9.65. The summed E-state index contributed by atoms with van der Waals surface area (Å²) in [5.41, 5.74) is 0. The number of carbonyl (C=O) groups excluding carboxylic acids is 2. The average molecular weight is 247 g/mol. The van der Waals surface area contributed by atoms with E-state index in [2.05, 4.69) is 0 Å². The Morgan fingerprint density at radius 1 is 1.42 bits per heavy atom. The van der Waals surface area contributed by atoms with Crippen molar-refractivity contribution in [3.63, 3.8) is 0 Å². The van der Waals surface area contributed by atoms with Crippen molar-refractivity contribution in [3.8, 4) is 0 Å². The molecule has 0 radical (unpaired) electrons. The number of Topliss-reactive ketones (excluding diaryl/α,β-unsaturated/α-hetero) is 1. The van der Waals surface area contributed by atoms with Crippen LogP contribution in [-0.4, -0.2) is 26.5 Å². The zero-order valence-corrected chi connectivity index (χ0v) is 9.01. The van der Waals surface area contributed by atoms with Crippen molar-refractivity contribution in [1.29, 1.82) is 0 Å². The van der Waals surface area contributed by atoms with Crippen LogP contribution in [0.5, 0.6) is 0 Å². The fourth-order valence-electron chi connectivity index (χ4n) is 0.781. The fraction of sp³-hybridized carbons (Fsp3) is 0.250. The first-order chi connectivity index (χ1) is 5.70. The Kier molecular flexibility index (Phi) is 3.66. The first-order valence-electron chi connectivity index (χ1n) is 3.48. The maximum absolute atomic E-state index is 11.3. The first-order valence-corrected chi connectivity index (χ1v) is 5.30. The van der Waals surface area contributed by atoms with Gasteiger partial charge in [-0.25, -0.2) is 0 Å². The zero-order valence-electron chi connectivity index (χ0n) is 6.32. The van der Waals surface area contributed by atoms with Crippen LogP contribution in [0, 0.1) is 0 Å². The molecule has 0 aromatic carbocycles. The van der Waals surface area contributed by atoms with E-state index in [4.69, 9.17) is 0 Å². The van der Waals surface area contributed by atoms with Crippen LogP contribution in [0.3, 0.4) is 0 Å². The summed E-state index contributed by atoms with van der Waals surface area (Å²) >= 11 is 3.34. The molecule has 12 heavy (non-hydrogen) atoms. The summed E-state index contributed by atoms with van der Waals surface area (Å²) in [5, 5.41) is 1.86. The average Bonchev–Trinajstić information content (AvgIpc) is 2.51. The molecule has 0 saturated carbocycles. The van der Waals surface area contributed by atoms with Crippen molar-refractivity contribution in [3.05, 3.63) is 22.4 Å². The van der Waals surface area contributed by atoms with Crippen LogP contribution >= 0.6 is 11.3 Å². The molecule has 0 saturated heterocycles. The molecule has 0 amide bonds. The van der Waals surface area contributed by atoms with Gasteiger partial charge in [0, 0.05) is 0 Å². The molecular formula is C8H8O2SSe. The van der Waals surface area contributed by atoms with E-state index in [0.29, 0.717) is 12.8 Å². The molecule has 0 aliphatic carbocycles. The molecule has 1 aromatic rings. The second-order valence-electron chi connectivity index (χ2n) is 2.29. The van der Waals surface area contributed by atoms with Gasteiger partial charge in [0.15, 0.2) is 0 Å². The molecule has 1 rings (SSSR count). The molecule has 0 spiro atoms. The summed E-state index contributed by atoms with van der Waals surface area (Å²) in [6.07, 6.45) is 0.658. The number of hydrogen-bond donors (Lipinski definition) is 0. The SMILES string of the molecule is O=C([SeH])CCC(=O)c1cccs1. The molecule has 2 nitrogen and oxygen atoms in total. The maximum atomic E-state index is 11.3. The summed E-state index contributed by atoms with van der Waals surface area (Å²) in [4.78, 5) is 22.5. The molecule has 0 fully saturated rings. The number of rotatable bonds is 4. The van der Waals surface area contributed by atoms with Gasteiger partial charge in [-0.3, -0.25) is 0 Å². The van der Waals surface area contributed by atoms with Gasteiger partial charge in [0.05, 0.1) is 0 Å². The van der Waals surface area contributed by atoms with Crippen LogP contribution in [0.1, 0.15) is 22.5 Å². The van der Waals surface area contributed by atoms with Gasteiger partial charge in [0.25, 0.3) is 0 Å².